The normalized spacial score (nSPS) is 12.9. The summed E-state index contributed by atoms with van der Waals surface area (Å²) in [5.41, 5.74) is 0.304. The molecule has 1 amide bonds. The molecule has 1 atom stereocenters. The fourth-order valence-corrected chi connectivity index (χ4v) is 1.32. The molecule has 0 spiro atoms. The lowest BCUT2D eigenvalue weighted by atomic mass is 10.1. The zero-order chi connectivity index (χ0) is 14.5. The van der Waals surface area contributed by atoms with Crippen LogP contribution in [0.2, 0.25) is 0 Å². The second-order valence-electron chi connectivity index (χ2n) is 4.30. The van der Waals surface area contributed by atoms with Crippen LogP contribution in [-0.2, 0) is 0 Å². The first-order valence-corrected chi connectivity index (χ1v) is 5.96. The molecule has 0 saturated carbocycles. The summed E-state index contributed by atoms with van der Waals surface area (Å²) in [5.74, 6) is -0.290. The summed E-state index contributed by atoms with van der Waals surface area (Å²) >= 11 is 0. The average Bonchev–Trinajstić information content (AvgIpc) is 2.34. The van der Waals surface area contributed by atoms with E-state index in [9.17, 15) is 18.0 Å². The number of alkyl halides is 3. The third-order valence-electron chi connectivity index (χ3n) is 2.66. The van der Waals surface area contributed by atoms with Gasteiger partial charge in [0.05, 0.1) is 0 Å². The van der Waals surface area contributed by atoms with Crippen LogP contribution in [0.3, 0.4) is 0 Å². The minimum absolute atomic E-state index is 0.304. The van der Waals surface area contributed by atoms with E-state index in [2.05, 4.69) is 10.1 Å². The van der Waals surface area contributed by atoms with Gasteiger partial charge in [0, 0.05) is 12.1 Å². The summed E-state index contributed by atoms with van der Waals surface area (Å²) in [5, 5.41) is 2.72. The minimum Gasteiger partial charge on any atom is -0.406 e. The van der Waals surface area contributed by atoms with Gasteiger partial charge in [-0.2, -0.15) is 0 Å². The maximum absolute atomic E-state index is 11.9. The van der Waals surface area contributed by atoms with Crippen molar-refractivity contribution < 1.29 is 22.7 Å². The van der Waals surface area contributed by atoms with Gasteiger partial charge in [-0.25, -0.2) is 0 Å². The van der Waals surface area contributed by atoms with Crippen molar-refractivity contribution in [1.82, 2.24) is 5.32 Å². The first-order valence-electron chi connectivity index (χ1n) is 5.96. The smallest absolute Gasteiger partial charge is 0.406 e. The number of nitrogens with one attached hydrogen (secondary N) is 1. The van der Waals surface area contributed by atoms with Gasteiger partial charge in [0.25, 0.3) is 5.91 Å². The molecule has 0 radical (unpaired) electrons. The molecule has 6 heteroatoms. The van der Waals surface area contributed by atoms with Gasteiger partial charge in [-0.3, -0.25) is 4.79 Å². The van der Waals surface area contributed by atoms with Gasteiger partial charge in [0.2, 0.25) is 0 Å². The maximum Gasteiger partial charge on any atom is 0.573 e. The highest BCUT2D eigenvalue weighted by Crippen LogP contribution is 2.22. The van der Waals surface area contributed by atoms with Crippen LogP contribution in [0.4, 0.5) is 13.2 Å². The van der Waals surface area contributed by atoms with Crippen molar-refractivity contribution in [3.8, 4) is 5.75 Å². The van der Waals surface area contributed by atoms with Crippen molar-refractivity contribution in [2.24, 2.45) is 5.92 Å². The molecule has 0 aromatic heterocycles. The van der Waals surface area contributed by atoms with Crippen LogP contribution >= 0.6 is 0 Å². The van der Waals surface area contributed by atoms with Gasteiger partial charge in [-0.05, 0) is 30.2 Å². The third kappa shape index (κ3) is 5.63. The molecule has 106 valence electrons. The van der Waals surface area contributed by atoms with Gasteiger partial charge in [0.15, 0.2) is 0 Å². The summed E-state index contributed by atoms with van der Waals surface area (Å²) in [6, 6.07) is 4.83. The van der Waals surface area contributed by atoms with E-state index in [4.69, 9.17) is 0 Å². The summed E-state index contributed by atoms with van der Waals surface area (Å²) in [4.78, 5) is 11.7. The summed E-state index contributed by atoms with van der Waals surface area (Å²) < 4.78 is 39.6. The standard InChI is InChI=1S/C13H16F3NO2/c1-3-9(2)8-17-12(18)10-4-6-11(7-5-10)19-13(14,15)16/h4-7,9H,3,8H2,1-2H3,(H,17,18). The van der Waals surface area contributed by atoms with Crippen molar-refractivity contribution in [1.29, 1.82) is 0 Å². The molecule has 1 rings (SSSR count). The molecule has 1 N–H and O–H groups in total. The second-order valence-corrected chi connectivity index (χ2v) is 4.30. The molecule has 1 aromatic carbocycles. The molecule has 19 heavy (non-hydrogen) atoms. The maximum atomic E-state index is 11.9. The number of ether oxygens (including phenoxy) is 1. The molecule has 0 aliphatic carbocycles. The first kappa shape index (κ1) is 15.3. The number of amides is 1. The van der Waals surface area contributed by atoms with E-state index in [1.165, 1.54) is 12.1 Å². The van der Waals surface area contributed by atoms with E-state index in [-0.39, 0.29) is 11.7 Å². The Labute approximate surface area is 109 Å². The predicted molar refractivity (Wildman–Crippen MR) is 64.9 cm³/mol. The summed E-state index contributed by atoms with van der Waals surface area (Å²) in [6.07, 6.45) is -3.78. The lowest BCUT2D eigenvalue weighted by molar-refractivity contribution is -0.274. The number of halogens is 3. The Hall–Kier alpha value is -1.72. The zero-order valence-electron chi connectivity index (χ0n) is 10.8. The molecule has 0 saturated heterocycles. The molecule has 1 aromatic rings. The number of hydrogen-bond acceptors (Lipinski definition) is 2. The van der Waals surface area contributed by atoms with Crippen molar-refractivity contribution in [3.63, 3.8) is 0 Å². The molecule has 0 fully saturated rings. The molecule has 1 unspecified atom stereocenters. The van der Waals surface area contributed by atoms with Crippen LogP contribution in [-0.4, -0.2) is 18.8 Å². The predicted octanol–water partition coefficient (Wildman–Crippen LogP) is 3.36. The number of carbonyl (C=O) groups excluding carboxylic acids is 1. The van der Waals surface area contributed by atoms with E-state index in [1.807, 2.05) is 13.8 Å². The van der Waals surface area contributed by atoms with Crippen LogP contribution in [0.15, 0.2) is 24.3 Å². The number of benzene rings is 1. The first-order chi connectivity index (χ1) is 8.81. The van der Waals surface area contributed by atoms with Crippen molar-refractivity contribution >= 4 is 5.91 Å². The van der Waals surface area contributed by atoms with E-state index in [0.29, 0.717) is 18.0 Å². The molecular formula is C13H16F3NO2. The van der Waals surface area contributed by atoms with Crippen LogP contribution in [0.1, 0.15) is 30.6 Å². The highest BCUT2D eigenvalue weighted by molar-refractivity contribution is 5.94. The largest absolute Gasteiger partial charge is 0.573 e. The topological polar surface area (TPSA) is 38.3 Å². The number of hydrogen-bond donors (Lipinski definition) is 1. The summed E-state index contributed by atoms with van der Waals surface area (Å²) in [7, 11) is 0. The summed E-state index contributed by atoms with van der Waals surface area (Å²) in [6.45, 7) is 4.55. The Morgan fingerprint density at radius 1 is 1.32 bits per heavy atom. The fraction of sp³-hybridized carbons (Fsp3) is 0.462. The SMILES string of the molecule is CCC(C)CNC(=O)c1ccc(OC(F)(F)F)cc1. The number of rotatable bonds is 5. The Bertz CT molecular complexity index is 415. The monoisotopic (exact) mass is 275 g/mol. The molecule has 0 bridgehead atoms. The van der Waals surface area contributed by atoms with Crippen LogP contribution < -0.4 is 10.1 Å². The van der Waals surface area contributed by atoms with Crippen LogP contribution in [0.5, 0.6) is 5.75 Å². The highest BCUT2D eigenvalue weighted by atomic mass is 19.4. The van der Waals surface area contributed by atoms with E-state index in [0.717, 1.165) is 18.6 Å². The van der Waals surface area contributed by atoms with Crippen LogP contribution in [0.25, 0.3) is 0 Å². The molecule has 3 nitrogen and oxygen atoms in total. The van der Waals surface area contributed by atoms with Gasteiger partial charge in [-0.15, -0.1) is 13.2 Å². The fourth-order valence-electron chi connectivity index (χ4n) is 1.32. The zero-order valence-corrected chi connectivity index (χ0v) is 10.8. The third-order valence-corrected chi connectivity index (χ3v) is 2.66. The Morgan fingerprint density at radius 2 is 1.89 bits per heavy atom. The van der Waals surface area contributed by atoms with Gasteiger partial charge in [0.1, 0.15) is 5.75 Å². The second kappa shape index (κ2) is 6.45. The Morgan fingerprint density at radius 3 is 2.37 bits per heavy atom. The number of carbonyl (C=O) groups is 1. The lowest BCUT2D eigenvalue weighted by Crippen LogP contribution is -2.28. The molecular weight excluding hydrogens is 259 g/mol. The van der Waals surface area contributed by atoms with Crippen molar-refractivity contribution in [3.05, 3.63) is 29.8 Å². The molecule has 0 heterocycles. The highest BCUT2D eigenvalue weighted by Gasteiger charge is 2.31. The van der Waals surface area contributed by atoms with E-state index < -0.39 is 6.36 Å². The lowest BCUT2D eigenvalue weighted by Gasteiger charge is -2.11. The Balaban J connectivity index is 2.58. The van der Waals surface area contributed by atoms with Crippen molar-refractivity contribution in [2.75, 3.05) is 6.54 Å². The average molecular weight is 275 g/mol. The van der Waals surface area contributed by atoms with Gasteiger partial charge in [-0.1, -0.05) is 20.3 Å². The Kier molecular flexibility index (Phi) is 5.20. The van der Waals surface area contributed by atoms with E-state index in [1.54, 1.807) is 0 Å². The molecule has 0 aliphatic rings. The quantitative estimate of drug-likeness (QED) is 0.894. The minimum atomic E-state index is -4.72. The molecule has 0 aliphatic heterocycles. The van der Waals surface area contributed by atoms with Gasteiger partial charge >= 0.3 is 6.36 Å². The van der Waals surface area contributed by atoms with E-state index >= 15 is 0 Å². The van der Waals surface area contributed by atoms with Crippen LogP contribution in [0, 0.1) is 5.92 Å². The van der Waals surface area contributed by atoms with Gasteiger partial charge < -0.3 is 10.1 Å². The van der Waals surface area contributed by atoms with Crippen molar-refractivity contribution in [2.45, 2.75) is 26.6 Å².